The molecule has 0 spiro atoms. The lowest BCUT2D eigenvalue weighted by Crippen LogP contribution is -2.45. The van der Waals surface area contributed by atoms with Gasteiger partial charge in [0, 0.05) is 12.5 Å². The molecule has 1 saturated carbocycles. The van der Waals surface area contributed by atoms with Crippen molar-refractivity contribution in [3.05, 3.63) is 0 Å². The van der Waals surface area contributed by atoms with Gasteiger partial charge in [-0.15, -0.1) is 0 Å². The van der Waals surface area contributed by atoms with Crippen molar-refractivity contribution in [1.29, 1.82) is 5.26 Å². The first-order valence-electron chi connectivity index (χ1n) is 7.14. The highest BCUT2D eigenvalue weighted by Gasteiger charge is 2.27. The lowest BCUT2D eigenvalue weighted by Gasteiger charge is -2.39. The summed E-state index contributed by atoms with van der Waals surface area (Å²) in [5, 5.41) is 8.54. The Kier molecular flexibility index (Phi) is 7.23. The Balaban J connectivity index is 2.38. The second-order valence-electron chi connectivity index (χ2n) is 5.09. The quantitative estimate of drug-likeness (QED) is 0.692. The molecule has 98 valence electrons. The summed E-state index contributed by atoms with van der Waals surface area (Å²) in [7, 11) is 0. The van der Waals surface area contributed by atoms with E-state index in [2.05, 4.69) is 17.9 Å². The molecule has 0 aromatic heterocycles. The van der Waals surface area contributed by atoms with Gasteiger partial charge in [-0.3, -0.25) is 0 Å². The Morgan fingerprint density at radius 2 is 2.06 bits per heavy atom. The summed E-state index contributed by atoms with van der Waals surface area (Å²) in [6.45, 7) is 5.33. The predicted molar refractivity (Wildman–Crippen MR) is 71.5 cm³/mol. The van der Waals surface area contributed by atoms with Gasteiger partial charge in [0.2, 0.25) is 0 Å². The Morgan fingerprint density at radius 3 is 2.71 bits per heavy atom. The van der Waals surface area contributed by atoms with E-state index in [0.29, 0.717) is 18.4 Å². The van der Waals surface area contributed by atoms with Crippen molar-refractivity contribution < 1.29 is 0 Å². The van der Waals surface area contributed by atoms with Gasteiger partial charge in [-0.05, 0) is 51.2 Å². The van der Waals surface area contributed by atoms with E-state index in [0.717, 1.165) is 32.5 Å². The normalized spacial score (nSPS) is 24.8. The second-order valence-corrected chi connectivity index (χ2v) is 5.09. The number of hydrogen-bond acceptors (Lipinski definition) is 3. The summed E-state index contributed by atoms with van der Waals surface area (Å²) in [6.07, 6.45) is 8.20. The van der Waals surface area contributed by atoms with Gasteiger partial charge in [0.1, 0.15) is 0 Å². The average molecular weight is 237 g/mol. The van der Waals surface area contributed by atoms with Gasteiger partial charge in [0.05, 0.1) is 6.07 Å². The zero-order valence-corrected chi connectivity index (χ0v) is 11.2. The molecule has 0 bridgehead atoms. The fourth-order valence-corrected chi connectivity index (χ4v) is 3.02. The molecular formula is C14H27N3. The van der Waals surface area contributed by atoms with Crippen molar-refractivity contribution in [2.75, 3.05) is 19.6 Å². The van der Waals surface area contributed by atoms with Gasteiger partial charge in [0.15, 0.2) is 0 Å². The number of hydrogen-bond donors (Lipinski definition) is 1. The number of nitriles is 1. The van der Waals surface area contributed by atoms with Gasteiger partial charge in [0.25, 0.3) is 0 Å². The minimum Gasteiger partial charge on any atom is -0.330 e. The molecule has 1 rings (SSSR count). The van der Waals surface area contributed by atoms with E-state index in [1.54, 1.807) is 0 Å². The maximum atomic E-state index is 8.54. The fraction of sp³-hybridized carbons (Fsp3) is 0.929. The summed E-state index contributed by atoms with van der Waals surface area (Å²) in [4.78, 5) is 2.59. The van der Waals surface area contributed by atoms with Crippen molar-refractivity contribution in [3.8, 4) is 6.07 Å². The Hall–Kier alpha value is -0.590. The van der Waals surface area contributed by atoms with Crippen molar-refractivity contribution in [2.45, 2.75) is 57.9 Å². The first-order valence-corrected chi connectivity index (χ1v) is 7.14. The summed E-state index contributed by atoms with van der Waals surface area (Å²) in [5.41, 5.74) is 5.89. The van der Waals surface area contributed by atoms with Crippen LogP contribution in [-0.4, -0.2) is 30.6 Å². The smallest absolute Gasteiger partial charge is 0.0621 e. The van der Waals surface area contributed by atoms with E-state index < -0.39 is 0 Å². The first kappa shape index (κ1) is 14.5. The standard InChI is InChI=1S/C14H27N3/c1-2-17(11-7-3-6-10-15)14-9-5-4-8-13(14)12-16/h13-14H,2-9,11-12,16H2,1H3. The Bertz CT molecular complexity index is 234. The first-order chi connectivity index (χ1) is 8.33. The molecule has 17 heavy (non-hydrogen) atoms. The third-order valence-corrected chi connectivity index (χ3v) is 4.03. The number of rotatable bonds is 7. The minimum absolute atomic E-state index is 0.694. The highest BCUT2D eigenvalue weighted by molar-refractivity contribution is 4.83. The van der Waals surface area contributed by atoms with Crippen LogP contribution in [0.15, 0.2) is 0 Å². The monoisotopic (exact) mass is 237 g/mol. The van der Waals surface area contributed by atoms with Crippen molar-refractivity contribution in [1.82, 2.24) is 4.90 Å². The molecule has 0 radical (unpaired) electrons. The van der Waals surface area contributed by atoms with Crippen molar-refractivity contribution >= 4 is 0 Å². The lowest BCUT2D eigenvalue weighted by atomic mass is 9.83. The van der Waals surface area contributed by atoms with Crippen LogP contribution < -0.4 is 5.73 Å². The maximum Gasteiger partial charge on any atom is 0.0621 e. The SMILES string of the molecule is CCN(CCCCC#N)C1CCCCC1CN. The van der Waals surface area contributed by atoms with E-state index in [4.69, 9.17) is 11.0 Å². The third kappa shape index (κ3) is 4.65. The van der Waals surface area contributed by atoms with Crippen molar-refractivity contribution in [2.24, 2.45) is 11.7 Å². The molecule has 2 unspecified atom stereocenters. The van der Waals surface area contributed by atoms with E-state index in [9.17, 15) is 0 Å². The van der Waals surface area contributed by atoms with Crippen molar-refractivity contribution in [3.63, 3.8) is 0 Å². The summed E-state index contributed by atoms with van der Waals surface area (Å²) in [5.74, 6) is 0.694. The molecule has 0 aliphatic heterocycles. The molecule has 0 amide bonds. The van der Waals surface area contributed by atoms with E-state index in [1.807, 2.05) is 0 Å². The highest BCUT2D eigenvalue weighted by atomic mass is 15.2. The maximum absolute atomic E-state index is 8.54. The molecule has 2 N–H and O–H groups in total. The molecule has 2 atom stereocenters. The Morgan fingerprint density at radius 1 is 1.29 bits per heavy atom. The van der Waals surface area contributed by atoms with Crippen LogP contribution in [0.25, 0.3) is 0 Å². The van der Waals surface area contributed by atoms with E-state index >= 15 is 0 Å². The van der Waals surface area contributed by atoms with Crippen LogP contribution >= 0.6 is 0 Å². The van der Waals surface area contributed by atoms with Gasteiger partial charge >= 0.3 is 0 Å². The largest absolute Gasteiger partial charge is 0.330 e. The van der Waals surface area contributed by atoms with Crippen LogP contribution in [0.5, 0.6) is 0 Å². The molecule has 0 aromatic rings. The van der Waals surface area contributed by atoms with E-state index in [-0.39, 0.29) is 0 Å². The number of nitrogens with two attached hydrogens (primary N) is 1. The van der Waals surface area contributed by atoms with Crippen LogP contribution in [0.1, 0.15) is 51.9 Å². The van der Waals surface area contributed by atoms with Crippen LogP contribution in [0, 0.1) is 17.2 Å². The molecule has 0 aromatic carbocycles. The highest BCUT2D eigenvalue weighted by Crippen LogP contribution is 2.28. The molecule has 1 fully saturated rings. The van der Waals surface area contributed by atoms with Crippen LogP contribution in [0.4, 0.5) is 0 Å². The van der Waals surface area contributed by atoms with Crippen LogP contribution in [0.2, 0.25) is 0 Å². The predicted octanol–water partition coefficient (Wildman–Crippen LogP) is 2.52. The molecule has 0 heterocycles. The van der Waals surface area contributed by atoms with E-state index in [1.165, 1.54) is 25.7 Å². The third-order valence-electron chi connectivity index (χ3n) is 4.03. The molecule has 1 aliphatic rings. The fourth-order valence-electron chi connectivity index (χ4n) is 3.02. The minimum atomic E-state index is 0.694. The molecule has 0 saturated heterocycles. The number of nitrogens with zero attached hydrogens (tertiary/aromatic N) is 2. The average Bonchev–Trinajstić information content (AvgIpc) is 2.39. The zero-order valence-electron chi connectivity index (χ0n) is 11.2. The molecule has 3 heteroatoms. The summed E-state index contributed by atoms with van der Waals surface area (Å²) < 4.78 is 0. The van der Waals surface area contributed by atoms with Crippen LogP contribution in [-0.2, 0) is 0 Å². The van der Waals surface area contributed by atoms with Gasteiger partial charge < -0.3 is 10.6 Å². The molecule has 3 nitrogen and oxygen atoms in total. The van der Waals surface area contributed by atoms with Gasteiger partial charge in [-0.1, -0.05) is 19.8 Å². The molecule has 1 aliphatic carbocycles. The Labute approximate surface area is 106 Å². The second kappa shape index (κ2) is 8.49. The summed E-state index contributed by atoms with van der Waals surface area (Å²) in [6, 6.07) is 2.92. The topological polar surface area (TPSA) is 53.0 Å². The zero-order chi connectivity index (χ0) is 12.5. The summed E-state index contributed by atoms with van der Waals surface area (Å²) >= 11 is 0. The lowest BCUT2D eigenvalue weighted by molar-refractivity contribution is 0.110. The molecular weight excluding hydrogens is 210 g/mol. The number of unbranched alkanes of at least 4 members (excludes halogenated alkanes) is 2. The van der Waals surface area contributed by atoms with Gasteiger partial charge in [-0.2, -0.15) is 5.26 Å². The van der Waals surface area contributed by atoms with Gasteiger partial charge in [-0.25, -0.2) is 0 Å². The van der Waals surface area contributed by atoms with Crippen LogP contribution in [0.3, 0.4) is 0 Å².